The molecule has 5 nitrogen and oxygen atoms in total. The molecule has 0 aliphatic carbocycles. The molecule has 3 amide bonds. The molecule has 1 aromatic rings. The molecule has 0 bridgehead atoms. The van der Waals surface area contributed by atoms with Crippen LogP contribution in [0.3, 0.4) is 0 Å². The van der Waals surface area contributed by atoms with Crippen LogP contribution in [0.2, 0.25) is 0 Å². The van der Waals surface area contributed by atoms with Gasteiger partial charge >= 0.3 is 6.03 Å². The first-order valence-corrected chi connectivity index (χ1v) is 6.10. The Hall–Kier alpha value is -2.02. The molecule has 1 atom stereocenters. The highest BCUT2D eigenvalue weighted by Crippen LogP contribution is 2.31. The minimum Gasteiger partial charge on any atom is -0.396 e. The standard InChI is InChI=1S/C13H14F2N2O3/c1-13(9-7-8(14)3-4-10(9)15)11(19)17(5-2-6-18)12(20)16-13/h3-4,7,18H,2,5-6H2,1H3,(H,16,20). The van der Waals surface area contributed by atoms with Crippen LogP contribution in [0.4, 0.5) is 13.6 Å². The largest absolute Gasteiger partial charge is 0.396 e. The molecular formula is C13H14F2N2O3. The Bertz CT molecular complexity index is 565. The lowest BCUT2D eigenvalue weighted by Crippen LogP contribution is -2.42. The van der Waals surface area contributed by atoms with Crippen LogP contribution in [-0.2, 0) is 10.3 Å². The van der Waals surface area contributed by atoms with Gasteiger partial charge in [0.15, 0.2) is 0 Å². The Kier molecular flexibility index (Phi) is 3.71. The lowest BCUT2D eigenvalue weighted by atomic mass is 9.91. The summed E-state index contributed by atoms with van der Waals surface area (Å²) in [5, 5.41) is 11.1. The maximum Gasteiger partial charge on any atom is 0.325 e. The fourth-order valence-corrected chi connectivity index (χ4v) is 2.19. The zero-order valence-corrected chi connectivity index (χ0v) is 10.8. The van der Waals surface area contributed by atoms with E-state index in [1.54, 1.807) is 0 Å². The second-order valence-electron chi connectivity index (χ2n) is 4.71. The first-order valence-electron chi connectivity index (χ1n) is 6.10. The molecular weight excluding hydrogens is 270 g/mol. The number of hydrogen-bond donors (Lipinski definition) is 2. The smallest absolute Gasteiger partial charge is 0.325 e. The van der Waals surface area contributed by atoms with E-state index in [0.717, 1.165) is 23.1 Å². The molecule has 0 aromatic heterocycles. The number of imide groups is 1. The summed E-state index contributed by atoms with van der Waals surface area (Å²) in [5.74, 6) is -2.13. The van der Waals surface area contributed by atoms with Gasteiger partial charge in [0.05, 0.1) is 0 Å². The summed E-state index contributed by atoms with van der Waals surface area (Å²) >= 11 is 0. The monoisotopic (exact) mass is 284 g/mol. The summed E-state index contributed by atoms with van der Waals surface area (Å²) < 4.78 is 27.1. The molecule has 1 unspecified atom stereocenters. The summed E-state index contributed by atoms with van der Waals surface area (Å²) in [7, 11) is 0. The van der Waals surface area contributed by atoms with E-state index in [-0.39, 0.29) is 25.1 Å². The second kappa shape index (κ2) is 5.16. The number of amides is 3. The molecule has 2 rings (SSSR count). The molecule has 1 heterocycles. The Morgan fingerprint density at radius 3 is 2.70 bits per heavy atom. The quantitative estimate of drug-likeness (QED) is 0.814. The van der Waals surface area contributed by atoms with Gasteiger partial charge in [0.2, 0.25) is 0 Å². The fraction of sp³-hybridized carbons (Fsp3) is 0.385. The van der Waals surface area contributed by atoms with E-state index in [4.69, 9.17) is 5.11 Å². The van der Waals surface area contributed by atoms with E-state index in [2.05, 4.69) is 5.32 Å². The Balaban J connectivity index is 2.38. The average Bonchev–Trinajstić information content (AvgIpc) is 2.62. The van der Waals surface area contributed by atoms with Gasteiger partial charge in [-0.25, -0.2) is 13.6 Å². The van der Waals surface area contributed by atoms with Gasteiger partial charge in [0.25, 0.3) is 5.91 Å². The Morgan fingerprint density at radius 1 is 1.35 bits per heavy atom. The minimum absolute atomic E-state index is 0.0215. The van der Waals surface area contributed by atoms with Gasteiger partial charge in [-0.15, -0.1) is 0 Å². The van der Waals surface area contributed by atoms with Crippen molar-refractivity contribution in [2.45, 2.75) is 18.9 Å². The minimum atomic E-state index is -1.64. The van der Waals surface area contributed by atoms with Crippen LogP contribution in [0, 0.1) is 11.6 Å². The number of carbonyl (C=O) groups excluding carboxylic acids is 2. The first kappa shape index (κ1) is 14.4. The summed E-state index contributed by atoms with van der Waals surface area (Å²) in [5.41, 5.74) is -1.86. The highest BCUT2D eigenvalue weighted by Gasteiger charge is 2.50. The van der Waals surface area contributed by atoms with Gasteiger partial charge in [-0.1, -0.05) is 0 Å². The molecule has 2 N–H and O–H groups in total. The number of benzene rings is 1. The van der Waals surface area contributed by atoms with Crippen LogP contribution < -0.4 is 5.32 Å². The SMILES string of the molecule is CC1(c2cc(F)ccc2F)NC(=O)N(CCCO)C1=O. The predicted molar refractivity (Wildman–Crippen MR) is 65.7 cm³/mol. The van der Waals surface area contributed by atoms with Crippen LogP contribution in [0.1, 0.15) is 18.9 Å². The van der Waals surface area contributed by atoms with Crippen LogP contribution in [0.5, 0.6) is 0 Å². The van der Waals surface area contributed by atoms with Gasteiger partial charge in [-0.2, -0.15) is 0 Å². The van der Waals surface area contributed by atoms with Crippen LogP contribution in [0.15, 0.2) is 18.2 Å². The number of nitrogens with one attached hydrogen (secondary N) is 1. The van der Waals surface area contributed by atoms with Gasteiger partial charge in [-0.3, -0.25) is 9.69 Å². The summed E-state index contributed by atoms with van der Waals surface area (Å²) in [6.07, 6.45) is 0.223. The second-order valence-corrected chi connectivity index (χ2v) is 4.71. The highest BCUT2D eigenvalue weighted by molar-refractivity contribution is 6.07. The molecule has 0 saturated carbocycles. The fourth-order valence-electron chi connectivity index (χ4n) is 2.19. The Morgan fingerprint density at radius 2 is 2.05 bits per heavy atom. The van der Waals surface area contributed by atoms with E-state index in [9.17, 15) is 18.4 Å². The Labute approximate surface area is 114 Å². The highest BCUT2D eigenvalue weighted by atomic mass is 19.1. The van der Waals surface area contributed by atoms with Gasteiger partial charge in [-0.05, 0) is 31.5 Å². The zero-order valence-electron chi connectivity index (χ0n) is 10.8. The summed E-state index contributed by atoms with van der Waals surface area (Å²) in [6, 6.07) is 2.05. The molecule has 7 heteroatoms. The van der Waals surface area contributed by atoms with E-state index in [1.165, 1.54) is 6.92 Å². The molecule has 20 heavy (non-hydrogen) atoms. The number of hydrogen-bond acceptors (Lipinski definition) is 3. The van der Waals surface area contributed by atoms with Crippen LogP contribution >= 0.6 is 0 Å². The van der Waals surface area contributed by atoms with Crippen molar-refractivity contribution in [3.05, 3.63) is 35.4 Å². The van der Waals surface area contributed by atoms with Gasteiger partial charge in [0.1, 0.15) is 17.2 Å². The van der Waals surface area contributed by atoms with Crippen molar-refractivity contribution in [2.24, 2.45) is 0 Å². The van der Waals surface area contributed by atoms with Crippen molar-refractivity contribution in [2.75, 3.05) is 13.2 Å². The lowest BCUT2D eigenvalue weighted by molar-refractivity contribution is -0.131. The van der Waals surface area contributed by atoms with Crippen molar-refractivity contribution in [1.29, 1.82) is 0 Å². The molecule has 1 fully saturated rings. The predicted octanol–water partition coefficient (Wildman–Crippen LogP) is 1.11. The number of aliphatic hydroxyl groups is 1. The molecule has 1 saturated heterocycles. The maximum absolute atomic E-state index is 13.8. The number of carbonyl (C=O) groups is 2. The normalized spacial score (nSPS) is 22.3. The summed E-state index contributed by atoms with van der Waals surface area (Å²) in [6.45, 7) is 1.17. The topological polar surface area (TPSA) is 69.6 Å². The lowest BCUT2D eigenvalue weighted by Gasteiger charge is -2.22. The third-order valence-electron chi connectivity index (χ3n) is 3.28. The van der Waals surface area contributed by atoms with Crippen molar-refractivity contribution < 1.29 is 23.5 Å². The maximum atomic E-state index is 13.8. The van der Waals surface area contributed by atoms with Crippen molar-refractivity contribution >= 4 is 11.9 Å². The molecule has 108 valence electrons. The first-order chi connectivity index (χ1) is 9.40. The van der Waals surface area contributed by atoms with E-state index < -0.39 is 29.1 Å². The number of urea groups is 1. The van der Waals surface area contributed by atoms with Crippen LogP contribution in [-0.4, -0.2) is 35.1 Å². The molecule has 1 aliphatic heterocycles. The van der Waals surface area contributed by atoms with Crippen molar-refractivity contribution in [1.82, 2.24) is 10.2 Å². The molecule has 1 aromatic carbocycles. The van der Waals surface area contributed by atoms with Crippen molar-refractivity contribution in [3.63, 3.8) is 0 Å². The van der Waals surface area contributed by atoms with Crippen LogP contribution in [0.25, 0.3) is 0 Å². The third kappa shape index (κ3) is 2.24. The number of nitrogens with zero attached hydrogens (tertiary/aromatic N) is 1. The number of halogens is 2. The third-order valence-corrected chi connectivity index (χ3v) is 3.28. The van der Waals surface area contributed by atoms with E-state index in [1.807, 2.05) is 0 Å². The summed E-state index contributed by atoms with van der Waals surface area (Å²) in [4.78, 5) is 24.9. The zero-order chi connectivity index (χ0) is 14.9. The van der Waals surface area contributed by atoms with Gasteiger partial charge in [0, 0.05) is 18.7 Å². The molecule has 0 radical (unpaired) electrons. The van der Waals surface area contributed by atoms with E-state index in [0.29, 0.717) is 0 Å². The van der Waals surface area contributed by atoms with Crippen molar-refractivity contribution in [3.8, 4) is 0 Å². The average molecular weight is 284 g/mol. The molecule has 0 spiro atoms. The van der Waals surface area contributed by atoms with Gasteiger partial charge < -0.3 is 10.4 Å². The number of rotatable bonds is 4. The molecule has 1 aliphatic rings. The number of aliphatic hydroxyl groups excluding tert-OH is 1. The van der Waals surface area contributed by atoms with E-state index >= 15 is 0 Å².